The van der Waals surface area contributed by atoms with Crippen molar-refractivity contribution in [3.8, 4) is 0 Å². The summed E-state index contributed by atoms with van der Waals surface area (Å²) in [6.07, 6.45) is 0.566. The van der Waals surface area contributed by atoms with Crippen LogP contribution in [0.1, 0.15) is 13.8 Å². The van der Waals surface area contributed by atoms with E-state index in [1.807, 2.05) is 13.8 Å². The smallest absolute Gasteiger partial charge is 0.198 e. The minimum Gasteiger partial charge on any atom is -0.375 e. The SMILES string of the molecule is CCOP(COC)OCC. The van der Waals surface area contributed by atoms with E-state index in [-0.39, 0.29) is 0 Å². The molecule has 0 aliphatic carbocycles. The number of ether oxygens (including phenoxy) is 1. The topological polar surface area (TPSA) is 27.7 Å². The van der Waals surface area contributed by atoms with Gasteiger partial charge in [0.2, 0.25) is 0 Å². The Morgan fingerprint density at radius 1 is 1.10 bits per heavy atom. The van der Waals surface area contributed by atoms with Gasteiger partial charge in [0.25, 0.3) is 0 Å². The van der Waals surface area contributed by atoms with E-state index in [2.05, 4.69) is 0 Å². The molecule has 0 fully saturated rings. The maximum absolute atomic E-state index is 5.24. The van der Waals surface area contributed by atoms with Crippen molar-refractivity contribution < 1.29 is 13.8 Å². The van der Waals surface area contributed by atoms with Crippen molar-refractivity contribution in [2.75, 3.05) is 26.7 Å². The minimum absolute atomic E-state index is 0.566. The molecule has 0 aliphatic heterocycles. The molecule has 0 N–H and O–H groups in total. The zero-order chi connectivity index (χ0) is 7.82. The maximum atomic E-state index is 5.24. The lowest BCUT2D eigenvalue weighted by Crippen LogP contribution is -1.96. The summed E-state index contributed by atoms with van der Waals surface area (Å²) in [5, 5.41) is 0. The Bertz CT molecular complexity index is 55.7. The van der Waals surface area contributed by atoms with Gasteiger partial charge in [-0.15, -0.1) is 0 Å². The molecule has 0 heterocycles. The first kappa shape index (κ1) is 10.3. The summed E-state index contributed by atoms with van der Waals surface area (Å²) in [6, 6.07) is 0. The maximum Gasteiger partial charge on any atom is 0.198 e. The third-order valence-electron chi connectivity index (χ3n) is 0.781. The summed E-state index contributed by atoms with van der Waals surface area (Å²) < 4.78 is 15.4. The van der Waals surface area contributed by atoms with Crippen molar-refractivity contribution in [2.24, 2.45) is 0 Å². The Morgan fingerprint density at radius 2 is 1.60 bits per heavy atom. The van der Waals surface area contributed by atoms with Crippen LogP contribution in [0.5, 0.6) is 0 Å². The molecule has 0 saturated carbocycles. The Balaban J connectivity index is 3.30. The quantitative estimate of drug-likeness (QED) is 0.564. The van der Waals surface area contributed by atoms with Crippen LogP contribution < -0.4 is 0 Å². The standard InChI is InChI=1S/C6H15O3P/c1-4-8-10(6-7-3)9-5-2/h4-6H2,1-3H3. The largest absolute Gasteiger partial charge is 0.375 e. The third-order valence-corrected chi connectivity index (χ3v) is 2.34. The summed E-state index contributed by atoms with van der Waals surface area (Å²) >= 11 is 0. The fourth-order valence-electron chi connectivity index (χ4n) is 0.505. The van der Waals surface area contributed by atoms with Gasteiger partial charge in [-0.3, -0.25) is 0 Å². The Morgan fingerprint density at radius 3 is 1.90 bits per heavy atom. The molecule has 0 rings (SSSR count). The van der Waals surface area contributed by atoms with E-state index in [4.69, 9.17) is 13.8 Å². The molecule has 0 spiro atoms. The number of methoxy groups -OCH3 is 1. The molecule has 0 aromatic heterocycles. The lowest BCUT2D eigenvalue weighted by atomic mass is 10.9. The molecule has 0 saturated heterocycles. The first-order valence-corrected chi connectivity index (χ1v) is 4.73. The molecule has 0 atom stereocenters. The fourth-order valence-corrected chi connectivity index (χ4v) is 1.52. The van der Waals surface area contributed by atoms with Gasteiger partial charge in [-0.25, -0.2) is 0 Å². The molecule has 0 aromatic carbocycles. The zero-order valence-electron chi connectivity index (χ0n) is 6.79. The second-order valence-corrected chi connectivity index (χ2v) is 3.03. The molecular weight excluding hydrogens is 151 g/mol. The molecule has 0 radical (unpaired) electrons. The molecule has 3 nitrogen and oxygen atoms in total. The van der Waals surface area contributed by atoms with Crippen LogP contribution >= 0.6 is 8.38 Å². The van der Waals surface area contributed by atoms with Crippen LogP contribution in [0, 0.1) is 0 Å². The third kappa shape index (κ3) is 5.12. The van der Waals surface area contributed by atoms with Crippen LogP contribution in [0.2, 0.25) is 0 Å². The van der Waals surface area contributed by atoms with Gasteiger partial charge >= 0.3 is 0 Å². The highest BCUT2D eigenvalue weighted by Gasteiger charge is 2.06. The van der Waals surface area contributed by atoms with Crippen LogP contribution in [0.25, 0.3) is 0 Å². The molecule has 62 valence electrons. The Hall–Kier alpha value is 0.310. The Labute approximate surface area is 63.6 Å². The molecule has 0 unspecified atom stereocenters. The van der Waals surface area contributed by atoms with Gasteiger partial charge in [-0.2, -0.15) is 0 Å². The molecule has 0 aliphatic rings. The highest BCUT2D eigenvalue weighted by Crippen LogP contribution is 2.37. The fraction of sp³-hybridized carbons (Fsp3) is 1.00. The number of hydrogen-bond donors (Lipinski definition) is 0. The van der Waals surface area contributed by atoms with E-state index in [1.54, 1.807) is 7.11 Å². The summed E-state index contributed by atoms with van der Waals surface area (Å²) in [5.74, 6) is 0. The predicted molar refractivity (Wildman–Crippen MR) is 42.0 cm³/mol. The van der Waals surface area contributed by atoms with Gasteiger partial charge < -0.3 is 13.8 Å². The molecule has 4 heteroatoms. The molecular formula is C6H15O3P. The molecule has 0 amide bonds. The van der Waals surface area contributed by atoms with Crippen molar-refractivity contribution in [3.05, 3.63) is 0 Å². The van der Waals surface area contributed by atoms with Gasteiger partial charge in [0.15, 0.2) is 8.38 Å². The first-order valence-electron chi connectivity index (χ1n) is 3.37. The van der Waals surface area contributed by atoms with Crippen LogP contribution in [-0.4, -0.2) is 26.7 Å². The number of rotatable bonds is 6. The highest BCUT2D eigenvalue weighted by atomic mass is 31.2. The second-order valence-electron chi connectivity index (χ2n) is 1.59. The lowest BCUT2D eigenvalue weighted by molar-refractivity contribution is 0.200. The zero-order valence-corrected chi connectivity index (χ0v) is 7.69. The highest BCUT2D eigenvalue weighted by molar-refractivity contribution is 7.47. The normalized spacial score (nSPS) is 10.8. The monoisotopic (exact) mass is 166 g/mol. The van der Waals surface area contributed by atoms with Gasteiger partial charge in [0.1, 0.15) is 6.35 Å². The van der Waals surface area contributed by atoms with E-state index in [9.17, 15) is 0 Å². The molecule has 10 heavy (non-hydrogen) atoms. The van der Waals surface area contributed by atoms with Crippen LogP contribution in [0.4, 0.5) is 0 Å². The first-order chi connectivity index (χ1) is 4.85. The average molecular weight is 166 g/mol. The van der Waals surface area contributed by atoms with Gasteiger partial charge in [-0.05, 0) is 13.8 Å². The van der Waals surface area contributed by atoms with E-state index in [0.717, 1.165) is 0 Å². The van der Waals surface area contributed by atoms with Gasteiger partial charge in [0, 0.05) is 7.11 Å². The summed E-state index contributed by atoms with van der Waals surface area (Å²) in [4.78, 5) is 0. The van der Waals surface area contributed by atoms with E-state index in [0.29, 0.717) is 19.6 Å². The van der Waals surface area contributed by atoms with E-state index >= 15 is 0 Å². The minimum atomic E-state index is -0.783. The van der Waals surface area contributed by atoms with Crippen LogP contribution in [-0.2, 0) is 13.8 Å². The summed E-state index contributed by atoms with van der Waals surface area (Å²) in [7, 11) is 0.863. The van der Waals surface area contributed by atoms with Crippen molar-refractivity contribution >= 4 is 8.38 Å². The molecule has 0 aromatic rings. The molecule has 0 bridgehead atoms. The predicted octanol–water partition coefficient (Wildman–Crippen LogP) is 1.98. The van der Waals surface area contributed by atoms with Gasteiger partial charge in [0.05, 0.1) is 13.2 Å². The summed E-state index contributed by atoms with van der Waals surface area (Å²) in [5.41, 5.74) is 0. The Kier molecular flexibility index (Phi) is 7.65. The number of hydrogen-bond acceptors (Lipinski definition) is 3. The van der Waals surface area contributed by atoms with Crippen molar-refractivity contribution in [1.29, 1.82) is 0 Å². The lowest BCUT2D eigenvalue weighted by Gasteiger charge is -2.13. The van der Waals surface area contributed by atoms with E-state index in [1.165, 1.54) is 0 Å². The van der Waals surface area contributed by atoms with Gasteiger partial charge in [-0.1, -0.05) is 0 Å². The van der Waals surface area contributed by atoms with Crippen molar-refractivity contribution in [2.45, 2.75) is 13.8 Å². The second kappa shape index (κ2) is 7.42. The van der Waals surface area contributed by atoms with E-state index < -0.39 is 8.38 Å². The van der Waals surface area contributed by atoms with Crippen LogP contribution in [0.3, 0.4) is 0 Å². The van der Waals surface area contributed by atoms with Crippen LogP contribution in [0.15, 0.2) is 0 Å². The average Bonchev–Trinajstić information content (AvgIpc) is 1.90. The van der Waals surface area contributed by atoms with Crippen molar-refractivity contribution in [1.82, 2.24) is 0 Å². The van der Waals surface area contributed by atoms with Crippen molar-refractivity contribution in [3.63, 3.8) is 0 Å². The summed E-state index contributed by atoms with van der Waals surface area (Å²) in [6.45, 7) is 5.28.